The molecular formula is C18H26N2O2. The Kier molecular flexibility index (Phi) is 4.98. The Bertz CT molecular complexity index is 512. The first-order chi connectivity index (χ1) is 10.8. The molecule has 4 heteroatoms. The molecule has 0 bridgehead atoms. The molecule has 1 aromatic rings. The molecule has 4 nitrogen and oxygen atoms in total. The first kappa shape index (κ1) is 15.3. The predicted molar refractivity (Wildman–Crippen MR) is 87.2 cm³/mol. The topological polar surface area (TPSA) is 41.6 Å². The molecule has 0 aromatic heterocycles. The maximum atomic E-state index is 13.2. The van der Waals surface area contributed by atoms with E-state index < -0.39 is 0 Å². The number of benzene rings is 1. The highest BCUT2D eigenvalue weighted by Gasteiger charge is 2.33. The molecule has 1 fully saturated rings. The molecule has 1 atom stereocenters. The number of fused-ring (bicyclic) bond motifs is 1. The first-order valence-corrected chi connectivity index (χ1v) is 8.54. The molecule has 1 unspecified atom stereocenters. The lowest BCUT2D eigenvalue weighted by Crippen LogP contribution is -2.48. The third kappa shape index (κ3) is 3.12. The molecule has 22 heavy (non-hydrogen) atoms. The third-order valence-electron chi connectivity index (χ3n) is 4.75. The van der Waals surface area contributed by atoms with Crippen LogP contribution in [0.4, 0.5) is 0 Å². The van der Waals surface area contributed by atoms with Crippen molar-refractivity contribution in [1.82, 2.24) is 10.2 Å². The lowest BCUT2D eigenvalue weighted by Gasteiger charge is -2.38. The van der Waals surface area contributed by atoms with Gasteiger partial charge in [0.2, 0.25) is 5.91 Å². The van der Waals surface area contributed by atoms with Crippen LogP contribution in [0.1, 0.15) is 44.1 Å². The van der Waals surface area contributed by atoms with E-state index in [2.05, 4.69) is 17.1 Å². The second kappa shape index (κ2) is 7.14. The largest absolute Gasteiger partial charge is 0.493 e. The summed E-state index contributed by atoms with van der Waals surface area (Å²) in [5.74, 6) is 1.14. The number of hydrogen-bond acceptors (Lipinski definition) is 3. The SMILES string of the molecule is CCCN(C(=O)C1CCOc2ccccc21)C1CCNCC1. The Morgan fingerprint density at radius 1 is 1.27 bits per heavy atom. The Hall–Kier alpha value is -1.55. The molecule has 0 saturated carbocycles. The van der Waals surface area contributed by atoms with Gasteiger partial charge in [-0.15, -0.1) is 0 Å². The minimum absolute atomic E-state index is 0.0358. The number of para-hydroxylation sites is 1. The van der Waals surface area contributed by atoms with Crippen molar-refractivity contribution in [1.29, 1.82) is 0 Å². The monoisotopic (exact) mass is 302 g/mol. The van der Waals surface area contributed by atoms with Crippen LogP contribution in [0, 0.1) is 0 Å². The minimum Gasteiger partial charge on any atom is -0.493 e. The zero-order valence-electron chi connectivity index (χ0n) is 13.4. The van der Waals surface area contributed by atoms with E-state index in [1.54, 1.807) is 0 Å². The fourth-order valence-electron chi connectivity index (χ4n) is 3.63. The lowest BCUT2D eigenvalue weighted by molar-refractivity contribution is -0.136. The van der Waals surface area contributed by atoms with Gasteiger partial charge in [-0.25, -0.2) is 0 Å². The van der Waals surface area contributed by atoms with Gasteiger partial charge >= 0.3 is 0 Å². The van der Waals surface area contributed by atoms with E-state index in [0.29, 0.717) is 18.6 Å². The van der Waals surface area contributed by atoms with Crippen molar-refractivity contribution >= 4 is 5.91 Å². The van der Waals surface area contributed by atoms with Crippen molar-refractivity contribution in [2.24, 2.45) is 0 Å². The first-order valence-electron chi connectivity index (χ1n) is 8.54. The van der Waals surface area contributed by atoms with Gasteiger partial charge in [-0.3, -0.25) is 4.79 Å². The van der Waals surface area contributed by atoms with Gasteiger partial charge in [0.1, 0.15) is 5.75 Å². The quantitative estimate of drug-likeness (QED) is 0.929. The van der Waals surface area contributed by atoms with Crippen molar-refractivity contribution in [3.05, 3.63) is 29.8 Å². The molecule has 120 valence electrons. The molecule has 0 radical (unpaired) electrons. The Labute approximate surface area is 132 Å². The van der Waals surface area contributed by atoms with Crippen LogP contribution in [0.15, 0.2) is 24.3 Å². The van der Waals surface area contributed by atoms with Crippen LogP contribution in [-0.4, -0.2) is 43.1 Å². The van der Waals surface area contributed by atoms with Crippen LogP contribution in [0.5, 0.6) is 5.75 Å². The van der Waals surface area contributed by atoms with Gasteiger partial charge in [-0.2, -0.15) is 0 Å². The zero-order valence-corrected chi connectivity index (χ0v) is 13.4. The number of amides is 1. The molecule has 1 N–H and O–H groups in total. The average Bonchev–Trinajstić information content (AvgIpc) is 2.59. The van der Waals surface area contributed by atoms with Crippen LogP contribution < -0.4 is 10.1 Å². The Morgan fingerprint density at radius 3 is 2.82 bits per heavy atom. The van der Waals surface area contributed by atoms with E-state index in [1.807, 2.05) is 24.3 Å². The maximum Gasteiger partial charge on any atom is 0.230 e. The highest BCUT2D eigenvalue weighted by molar-refractivity contribution is 5.85. The Balaban J connectivity index is 1.81. The van der Waals surface area contributed by atoms with E-state index in [9.17, 15) is 4.79 Å². The van der Waals surface area contributed by atoms with E-state index in [-0.39, 0.29) is 5.92 Å². The van der Waals surface area contributed by atoms with Crippen molar-refractivity contribution in [3.63, 3.8) is 0 Å². The second-order valence-electron chi connectivity index (χ2n) is 6.24. The molecular weight excluding hydrogens is 276 g/mol. The molecule has 2 aliphatic rings. The summed E-state index contributed by atoms with van der Waals surface area (Å²) in [5.41, 5.74) is 1.06. The Morgan fingerprint density at radius 2 is 2.05 bits per heavy atom. The van der Waals surface area contributed by atoms with Crippen molar-refractivity contribution < 1.29 is 9.53 Å². The van der Waals surface area contributed by atoms with Gasteiger partial charge < -0.3 is 15.0 Å². The van der Waals surface area contributed by atoms with Gasteiger partial charge in [-0.05, 0) is 44.8 Å². The van der Waals surface area contributed by atoms with Crippen LogP contribution in [0.25, 0.3) is 0 Å². The fourth-order valence-corrected chi connectivity index (χ4v) is 3.63. The van der Waals surface area contributed by atoms with Gasteiger partial charge in [0, 0.05) is 18.2 Å². The molecule has 1 amide bonds. The summed E-state index contributed by atoms with van der Waals surface area (Å²) in [7, 11) is 0. The van der Waals surface area contributed by atoms with Crippen LogP contribution in [0.2, 0.25) is 0 Å². The predicted octanol–water partition coefficient (Wildman–Crippen LogP) is 2.54. The van der Waals surface area contributed by atoms with E-state index in [1.165, 1.54) is 0 Å². The number of carbonyl (C=O) groups excluding carboxylic acids is 1. The molecule has 2 heterocycles. The summed E-state index contributed by atoms with van der Waals surface area (Å²) in [6.07, 6.45) is 3.94. The lowest BCUT2D eigenvalue weighted by atomic mass is 9.90. The highest BCUT2D eigenvalue weighted by atomic mass is 16.5. The number of nitrogens with zero attached hydrogens (tertiary/aromatic N) is 1. The van der Waals surface area contributed by atoms with Gasteiger partial charge in [0.25, 0.3) is 0 Å². The standard InChI is InChI=1S/C18H26N2O2/c1-2-12-20(14-7-10-19-11-8-14)18(21)16-9-13-22-17-6-4-3-5-15(16)17/h3-6,14,16,19H,2,7-13H2,1H3. The average molecular weight is 302 g/mol. The normalized spacial score (nSPS) is 21.8. The number of rotatable bonds is 4. The second-order valence-corrected chi connectivity index (χ2v) is 6.24. The third-order valence-corrected chi connectivity index (χ3v) is 4.75. The molecule has 2 aliphatic heterocycles. The summed E-state index contributed by atoms with van der Waals surface area (Å²) < 4.78 is 5.71. The summed E-state index contributed by atoms with van der Waals surface area (Å²) in [6.45, 7) is 5.69. The van der Waals surface area contributed by atoms with Crippen LogP contribution >= 0.6 is 0 Å². The van der Waals surface area contributed by atoms with Gasteiger partial charge in [-0.1, -0.05) is 25.1 Å². The molecule has 1 aromatic carbocycles. The maximum absolute atomic E-state index is 13.2. The molecule has 1 saturated heterocycles. The molecule has 0 aliphatic carbocycles. The number of ether oxygens (including phenoxy) is 1. The van der Waals surface area contributed by atoms with Crippen LogP contribution in [-0.2, 0) is 4.79 Å². The minimum atomic E-state index is -0.0358. The zero-order chi connectivity index (χ0) is 15.4. The number of piperidine rings is 1. The van der Waals surface area contributed by atoms with E-state index >= 15 is 0 Å². The van der Waals surface area contributed by atoms with Gasteiger partial charge in [0.05, 0.1) is 12.5 Å². The fraction of sp³-hybridized carbons (Fsp3) is 0.611. The van der Waals surface area contributed by atoms with Crippen molar-refractivity contribution in [2.75, 3.05) is 26.2 Å². The van der Waals surface area contributed by atoms with Crippen molar-refractivity contribution in [3.8, 4) is 5.75 Å². The van der Waals surface area contributed by atoms with E-state index in [4.69, 9.17) is 4.74 Å². The number of carbonyl (C=O) groups is 1. The summed E-state index contributed by atoms with van der Waals surface area (Å²) in [5, 5.41) is 3.39. The highest BCUT2D eigenvalue weighted by Crippen LogP contribution is 2.35. The molecule has 3 rings (SSSR count). The van der Waals surface area contributed by atoms with Crippen molar-refractivity contribution in [2.45, 2.75) is 44.6 Å². The number of hydrogen-bond donors (Lipinski definition) is 1. The summed E-state index contributed by atoms with van der Waals surface area (Å²) in [6, 6.07) is 8.39. The van der Waals surface area contributed by atoms with Crippen LogP contribution in [0.3, 0.4) is 0 Å². The number of nitrogens with one attached hydrogen (secondary N) is 1. The summed E-state index contributed by atoms with van der Waals surface area (Å²) in [4.78, 5) is 15.3. The van der Waals surface area contributed by atoms with E-state index in [0.717, 1.165) is 56.6 Å². The van der Waals surface area contributed by atoms with Gasteiger partial charge in [0.15, 0.2) is 0 Å². The summed E-state index contributed by atoms with van der Waals surface area (Å²) >= 11 is 0. The molecule has 0 spiro atoms. The smallest absolute Gasteiger partial charge is 0.230 e.